The third-order valence-electron chi connectivity index (χ3n) is 3.84. The number of ether oxygens (including phenoxy) is 1. The van der Waals surface area contributed by atoms with Crippen molar-refractivity contribution in [1.29, 1.82) is 0 Å². The number of nitrogens with one attached hydrogen (secondary N) is 2. The van der Waals surface area contributed by atoms with E-state index in [1.807, 2.05) is 32.0 Å². The minimum Gasteiger partial charge on any atom is -0.496 e. The maximum atomic E-state index is 12.1. The summed E-state index contributed by atoms with van der Waals surface area (Å²) in [4.78, 5) is 12.1. The van der Waals surface area contributed by atoms with Crippen molar-refractivity contribution in [2.75, 3.05) is 13.7 Å². The smallest absolute Gasteiger partial charge is 0.315 e. The monoisotopic (exact) mass is 332 g/mol. The molecule has 1 heterocycles. The summed E-state index contributed by atoms with van der Waals surface area (Å²) in [5.41, 5.74) is 0.705. The second-order valence-corrected chi connectivity index (χ2v) is 6.05. The Kier molecular flexibility index (Phi) is 5.51. The number of urea groups is 1. The van der Waals surface area contributed by atoms with E-state index in [1.165, 1.54) is 6.26 Å². The van der Waals surface area contributed by atoms with Crippen LogP contribution >= 0.6 is 0 Å². The van der Waals surface area contributed by atoms with Gasteiger partial charge in [-0.2, -0.15) is 0 Å². The molecule has 0 spiro atoms. The summed E-state index contributed by atoms with van der Waals surface area (Å²) < 4.78 is 10.5. The molecule has 0 unspecified atom stereocenters. The fourth-order valence-corrected chi connectivity index (χ4v) is 2.44. The highest BCUT2D eigenvalue weighted by atomic mass is 16.5. The van der Waals surface area contributed by atoms with E-state index in [4.69, 9.17) is 9.15 Å². The number of carbonyl (C=O) groups excluding carboxylic acids is 1. The topological polar surface area (TPSA) is 83.7 Å². The molecule has 2 amide bonds. The molecule has 3 N–H and O–H groups in total. The van der Waals surface area contributed by atoms with Gasteiger partial charge in [0, 0.05) is 5.56 Å². The molecular weight excluding hydrogens is 308 g/mol. The van der Waals surface area contributed by atoms with Crippen molar-refractivity contribution >= 4 is 6.03 Å². The van der Waals surface area contributed by atoms with E-state index in [-0.39, 0.29) is 18.6 Å². The normalized spacial score (nSPS) is 14.5. The van der Waals surface area contributed by atoms with Crippen LogP contribution in [-0.4, -0.2) is 24.8 Å². The van der Waals surface area contributed by atoms with Gasteiger partial charge in [-0.25, -0.2) is 4.79 Å². The first-order valence-electron chi connectivity index (χ1n) is 7.79. The second-order valence-electron chi connectivity index (χ2n) is 6.05. The molecule has 0 saturated carbocycles. The quantitative estimate of drug-likeness (QED) is 0.759. The average Bonchev–Trinajstić information content (AvgIpc) is 3.08. The molecule has 0 aliphatic rings. The molecule has 0 bridgehead atoms. The Morgan fingerprint density at radius 1 is 1.42 bits per heavy atom. The van der Waals surface area contributed by atoms with E-state index in [9.17, 15) is 9.90 Å². The Bertz CT molecular complexity index is 680. The number of carbonyl (C=O) groups is 1. The van der Waals surface area contributed by atoms with Crippen LogP contribution in [0.4, 0.5) is 4.79 Å². The van der Waals surface area contributed by atoms with Crippen molar-refractivity contribution in [3.05, 3.63) is 53.5 Å². The maximum absolute atomic E-state index is 12.1. The molecule has 1 aromatic heterocycles. The first-order chi connectivity index (χ1) is 11.3. The van der Waals surface area contributed by atoms with Gasteiger partial charge >= 0.3 is 6.03 Å². The van der Waals surface area contributed by atoms with Gasteiger partial charge in [0.2, 0.25) is 0 Å². The molecule has 0 fully saturated rings. The fourth-order valence-electron chi connectivity index (χ4n) is 2.44. The van der Waals surface area contributed by atoms with Crippen LogP contribution < -0.4 is 15.4 Å². The van der Waals surface area contributed by atoms with Crippen molar-refractivity contribution < 1.29 is 19.1 Å². The second kappa shape index (κ2) is 7.40. The summed E-state index contributed by atoms with van der Waals surface area (Å²) in [6.45, 7) is 5.47. The lowest BCUT2D eigenvalue weighted by molar-refractivity contribution is 0.0366. The molecule has 6 heteroatoms. The van der Waals surface area contributed by atoms with Gasteiger partial charge in [-0.15, -0.1) is 0 Å². The summed E-state index contributed by atoms with van der Waals surface area (Å²) in [5.74, 6) is 1.12. The first kappa shape index (κ1) is 17.9. The lowest BCUT2D eigenvalue weighted by Crippen LogP contribution is -2.44. The standard InChI is InChI=1S/C18H24N2O4/c1-12-7-8-15(23-4)14(10-12)13(2)20-17(21)19-11-18(3,22)16-6-5-9-24-16/h5-10,13,22H,11H2,1-4H3,(H2,19,20,21)/t13-,18-/m0/s1. The number of benzene rings is 1. The molecule has 0 aliphatic heterocycles. The molecular formula is C18H24N2O4. The Hall–Kier alpha value is -2.47. The third kappa shape index (κ3) is 4.29. The highest BCUT2D eigenvalue weighted by molar-refractivity contribution is 5.74. The predicted octanol–water partition coefficient (Wildman–Crippen LogP) is 2.86. The van der Waals surface area contributed by atoms with E-state index in [2.05, 4.69) is 10.6 Å². The predicted molar refractivity (Wildman–Crippen MR) is 91.0 cm³/mol. The van der Waals surface area contributed by atoms with Crippen molar-refractivity contribution in [2.24, 2.45) is 0 Å². The summed E-state index contributed by atoms with van der Waals surface area (Å²) in [7, 11) is 1.60. The van der Waals surface area contributed by atoms with E-state index < -0.39 is 5.60 Å². The lowest BCUT2D eigenvalue weighted by Gasteiger charge is -2.23. The van der Waals surface area contributed by atoms with E-state index in [0.29, 0.717) is 5.76 Å². The number of aliphatic hydroxyl groups is 1. The molecule has 2 aromatic rings. The van der Waals surface area contributed by atoms with Gasteiger partial charge in [0.05, 0.1) is 26.0 Å². The van der Waals surface area contributed by atoms with Crippen molar-refractivity contribution in [2.45, 2.75) is 32.4 Å². The number of hydrogen-bond donors (Lipinski definition) is 3. The van der Waals surface area contributed by atoms with E-state index in [0.717, 1.165) is 16.9 Å². The van der Waals surface area contributed by atoms with E-state index >= 15 is 0 Å². The van der Waals surface area contributed by atoms with Crippen molar-refractivity contribution in [3.63, 3.8) is 0 Å². The molecule has 2 rings (SSSR count). The molecule has 24 heavy (non-hydrogen) atoms. The van der Waals surface area contributed by atoms with Gasteiger partial charge in [0.25, 0.3) is 0 Å². The average molecular weight is 332 g/mol. The van der Waals surface area contributed by atoms with Gasteiger partial charge in [-0.1, -0.05) is 17.7 Å². The van der Waals surface area contributed by atoms with Crippen molar-refractivity contribution in [3.8, 4) is 5.75 Å². The minimum absolute atomic E-state index is 0.0318. The first-order valence-corrected chi connectivity index (χ1v) is 7.79. The fraction of sp³-hybridized carbons (Fsp3) is 0.389. The largest absolute Gasteiger partial charge is 0.496 e. The van der Waals surface area contributed by atoms with Crippen LogP contribution in [-0.2, 0) is 5.60 Å². The molecule has 0 radical (unpaired) electrons. The Morgan fingerprint density at radius 3 is 2.79 bits per heavy atom. The summed E-state index contributed by atoms with van der Waals surface area (Å²) in [6.07, 6.45) is 1.48. The van der Waals surface area contributed by atoms with Gasteiger partial charge in [0.15, 0.2) is 0 Å². The molecule has 2 atom stereocenters. The zero-order valence-corrected chi connectivity index (χ0v) is 14.4. The molecule has 6 nitrogen and oxygen atoms in total. The van der Waals surface area contributed by atoms with Crippen molar-refractivity contribution in [1.82, 2.24) is 10.6 Å². The number of furan rings is 1. The van der Waals surface area contributed by atoms with Crippen LogP contribution in [0.3, 0.4) is 0 Å². The number of methoxy groups -OCH3 is 1. The summed E-state index contributed by atoms with van der Waals surface area (Å²) in [5, 5.41) is 15.8. The maximum Gasteiger partial charge on any atom is 0.315 e. The van der Waals surface area contributed by atoms with Gasteiger partial charge in [-0.05, 0) is 39.0 Å². The Balaban J connectivity index is 1.96. The summed E-state index contributed by atoms with van der Waals surface area (Å²) in [6, 6.07) is 8.54. The Morgan fingerprint density at radius 2 is 2.17 bits per heavy atom. The van der Waals surface area contributed by atoms with Gasteiger partial charge < -0.3 is 24.9 Å². The Labute approximate surface area is 141 Å². The van der Waals surface area contributed by atoms with Crippen LogP contribution in [0.5, 0.6) is 5.75 Å². The molecule has 130 valence electrons. The van der Waals surface area contributed by atoms with Gasteiger partial charge in [-0.3, -0.25) is 0 Å². The van der Waals surface area contributed by atoms with Crippen LogP contribution in [0.1, 0.15) is 36.8 Å². The zero-order valence-electron chi connectivity index (χ0n) is 14.4. The zero-order chi connectivity index (χ0) is 17.7. The van der Waals surface area contributed by atoms with E-state index in [1.54, 1.807) is 26.2 Å². The van der Waals surface area contributed by atoms with Gasteiger partial charge in [0.1, 0.15) is 17.1 Å². The molecule has 1 aromatic carbocycles. The number of aryl methyl sites for hydroxylation is 1. The molecule has 0 aliphatic carbocycles. The highest BCUT2D eigenvalue weighted by Crippen LogP contribution is 2.26. The summed E-state index contributed by atoms with van der Waals surface area (Å²) >= 11 is 0. The number of hydrogen-bond acceptors (Lipinski definition) is 4. The van der Waals surface area contributed by atoms with Crippen LogP contribution in [0.15, 0.2) is 41.0 Å². The van der Waals surface area contributed by atoms with Crippen LogP contribution in [0.25, 0.3) is 0 Å². The minimum atomic E-state index is -1.27. The third-order valence-corrected chi connectivity index (χ3v) is 3.84. The highest BCUT2D eigenvalue weighted by Gasteiger charge is 2.27. The SMILES string of the molecule is COc1ccc(C)cc1[C@H](C)NC(=O)NC[C@](C)(O)c1ccco1. The van der Waals surface area contributed by atoms with Crippen LogP contribution in [0, 0.1) is 6.92 Å². The molecule has 0 saturated heterocycles. The van der Waals surface area contributed by atoms with Crippen LogP contribution in [0.2, 0.25) is 0 Å². The lowest BCUT2D eigenvalue weighted by atomic mass is 10.0. The number of amides is 2. The number of rotatable bonds is 6.